The minimum absolute atomic E-state index is 0.0710. The minimum Gasteiger partial charge on any atom is -0.354 e. The van der Waals surface area contributed by atoms with Crippen molar-refractivity contribution in [1.29, 1.82) is 0 Å². The molecule has 0 amide bonds. The highest BCUT2D eigenvalue weighted by molar-refractivity contribution is 5.31. The van der Waals surface area contributed by atoms with E-state index in [1.54, 1.807) is 0 Å². The van der Waals surface area contributed by atoms with E-state index in [1.165, 1.54) is 0 Å². The van der Waals surface area contributed by atoms with Gasteiger partial charge in [-0.3, -0.25) is 0 Å². The SMILES string of the molecule is FC(F)(F)C(F)(F)C(F)(F)C(F)(F)C(F)(F)C(F)(F)c1onc2c1CCCC2. The fourth-order valence-electron chi connectivity index (χ4n) is 2.55. The maximum atomic E-state index is 14.0. The molecule has 28 heavy (non-hydrogen) atoms. The molecule has 2 rings (SSSR count). The summed E-state index contributed by atoms with van der Waals surface area (Å²) in [6.07, 6.45) is -7.62. The van der Waals surface area contributed by atoms with Gasteiger partial charge in [0.25, 0.3) is 0 Å². The third kappa shape index (κ3) is 2.75. The highest BCUT2D eigenvalue weighted by Crippen LogP contribution is 2.62. The Kier molecular flexibility index (Phi) is 4.96. The van der Waals surface area contributed by atoms with Gasteiger partial charge in [0.15, 0.2) is 0 Å². The molecule has 0 aromatic carbocycles. The maximum Gasteiger partial charge on any atom is 0.460 e. The topological polar surface area (TPSA) is 26.0 Å². The lowest BCUT2D eigenvalue weighted by Gasteiger charge is -2.39. The third-order valence-electron chi connectivity index (χ3n) is 4.18. The van der Waals surface area contributed by atoms with E-state index in [4.69, 9.17) is 0 Å². The summed E-state index contributed by atoms with van der Waals surface area (Å²) in [5, 5.41) is 2.92. The summed E-state index contributed by atoms with van der Waals surface area (Å²) in [4.78, 5) is 0. The number of aromatic nitrogens is 1. The van der Waals surface area contributed by atoms with E-state index in [9.17, 15) is 57.1 Å². The molecule has 1 aliphatic rings. The highest BCUT2D eigenvalue weighted by Gasteiger charge is 2.91. The monoisotopic (exact) mass is 441 g/mol. The lowest BCUT2D eigenvalue weighted by molar-refractivity contribution is -0.442. The number of halogens is 13. The van der Waals surface area contributed by atoms with Crippen LogP contribution >= 0.6 is 0 Å². The molecule has 162 valence electrons. The molecule has 1 heterocycles. The second-order valence-electron chi connectivity index (χ2n) is 6.01. The van der Waals surface area contributed by atoms with Crippen LogP contribution in [0.1, 0.15) is 29.9 Å². The Bertz CT molecular complexity index is 733. The fourth-order valence-corrected chi connectivity index (χ4v) is 2.55. The number of nitrogens with zero attached hydrogens (tertiary/aromatic N) is 1. The Balaban J connectivity index is 2.58. The number of fused-ring (bicyclic) bond motifs is 1. The molecule has 0 bridgehead atoms. The first-order chi connectivity index (χ1) is 12.3. The molecule has 1 aromatic rings. The van der Waals surface area contributed by atoms with Gasteiger partial charge in [-0.2, -0.15) is 57.1 Å². The lowest BCUT2D eigenvalue weighted by atomic mass is 9.89. The molecule has 0 spiro atoms. The van der Waals surface area contributed by atoms with E-state index in [0.717, 1.165) is 0 Å². The van der Waals surface area contributed by atoms with Crippen LogP contribution in [0, 0.1) is 0 Å². The van der Waals surface area contributed by atoms with Gasteiger partial charge >= 0.3 is 35.8 Å². The van der Waals surface area contributed by atoms with E-state index < -0.39 is 53.5 Å². The normalized spacial score (nSPS) is 17.6. The summed E-state index contributed by atoms with van der Waals surface area (Å²) in [7, 11) is 0. The number of rotatable bonds is 5. The van der Waals surface area contributed by atoms with Crippen LogP contribution in [0.15, 0.2) is 4.52 Å². The molecule has 0 radical (unpaired) electrons. The Morgan fingerprint density at radius 3 is 1.57 bits per heavy atom. The van der Waals surface area contributed by atoms with E-state index in [-0.39, 0.29) is 18.5 Å². The van der Waals surface area contributed by atoms with Crippen molar-refractivity contribution in [2.24, 2.45) is 0 Å². The van der Waals surface area contributed by atoms with Crippen molar-refractivity contribution in [1.82, 2.24) is 5.16 Å². The first kappa shape index (κ1) is 22.6. The molecule has 0 unspecified atom stereocenters. The van der Waals surface area contributed by atoms with Crippen LogP contribution in [-0.4, -0.2) is 35.0 Å². The van der Waals surface area contributed by atoms with Gasteiger partial charge in [0, 0.05) is 5.56 Å². The molecular weight excluding hydrogens is 433 g/mol. The number of hydrogen-bond donors (Lipinski definition) is 0. The molecule has 0 atom stereocenters. The summed E-state index contributed by atoms with van der Waals surface area (Å²) in [6, 6.07) is 0. The summed E-state index contributed by atoms with van der Waals surface area (Å²) < 4.78 is 174. The Morgan fingerprint density at radius 1 is 0.607 bits per heavy atom. The fraction of sp³-hybridized carbons (Fsp3) is 0.769. The quantitative estimate of drug-likeness (QED) is 0.545. The van der Waals surface area contributed by atoms with Crippen molar-refractivity contribution in [2.75, 3.05) is 0 Å². The zero-order chi connectivity index (χ0) is 22.0. The van der Waals surface area contributed by atoms with E-state index in [0.29, 0.717) is 6.42 Å². The predicted octanol–water partition coefficient (Wildman–Crippen LogP) is 5.75. The van der Waals surface area contributed by atoms with Crippen molar-refractivity contribution in [3.05, 3.63) is 17.0 Å². The van der Waals surface area contributed by atoms with Crippen LogP contribution in [0.5, 0.6) is 0 Å². The van der Waals surface area contributed by atoms with Crippen molar-refractivity contribution < 1.29 is 61.6 Å². The average molecular weight is 441 g/mol. The molecule has 1 aliphatic carbocycles. The van der Waals surface area contributed by atoms with Gasteiger partial charge in [0.2, 0.25) is 5.76 Å². The van der Waals surface area contributed by atoms with Crippen molar-refractivity contribution in [3.63, 3.8) is 0 Å². The molecule has 1 aromatic heterocycles. The van der Waals surface area contributed by atoms with Crippen LogP contribution in [0.3, 0.4) is 0 Å². The zero-order valence-electron chi connectivity index (χ0n) is 13.1. The minimum atomic E-state index is -7.93. The second kappa shape index (κ2) is 6.15. The van der Waals surface area contributed by atoms with Crippen LogP contribution in [0.4, 0.5) is 57.1 Å². The maximum absolute atomic E-state index is 14.0. The van der Waals surface area contributed by atoms with E-state index in [1.807, 2.05) is 0 Å². The van der Waals surface area contributed by atoms with Crippen LogP contribution in [-0.2, 0) is 18.8 Å². The van der Waals surface area contributed by atoms with Crippen molar-refractivity contribution in [2.45, 2.75) is 61.5 Å². The van der Waals surface area contributed by atoms with Gasteiger partial charge in [-0.1, -0.05) is 5.16 Å². The van der Waals surface area contributed by atoms with Crippen LogP contribution in [0.2, 0.25) is 0 Å². The van der Waals surface area contributed by atoms with Gasteiger partial charge in [-0.15, -0.1) is 0 Å². The molecule has 0 saturated heterocycles. The first-order valence-corrected chi connectivity index (χ1v) is 7.27. The molecule has 2 nitrogen and oxygen atoms in total. The standard InChI is InChI=1S/C13H8F13NO/c14-8(15,7-5-3-1-2-4-6(5)27-28-7)9(16,17)10(18,19)11(20,21)12(22,23)13(24,25)26/h1-4H2. The highest BCUT2D eigenvalue weighted by atomic mass is 19.4. The van der Waals surface area contributed by atoms with Gasteiger partial charge in [0.05, 0.1) is 5.69 Å². The van der Waals surface area contributed by atoms with Crippen molar-refractivity contribution >= 4 is 0 Å². The van der Waals surface area contributed by atoms with Crippen LogP contribution < -0.4 is 0 Å². The number of alkyl halides is 13. The molecule has 0 aliphatic heterocycles. The van der Waals surface area contributed by atoms with Gasteiger partial charge < -0.3 is 4.52 Å². The Morgan fingerprint density at radius 2 is 1.07 bits per heavy atom. The van der Waals surface area contributed by atoms with Gasteiger partial charge in [0.1, 0.15) is 0 Å². The van der Waals surface area contributed by atoms with Crippen molar-refractivity contribution in [3.8, 4) is 0 Å². The van der Waals surface area contributed by atoms with E-state index >= 15 is 0 Å². The predicted molar refractivity (Wildman–Crippen MR) is 62.9 cm³/mol. The van der Waals surface area contributed by atoms with Crippen LogP contribution in [0.25, 0.3) is 0 Å². The Hall–Kier alpha value is -1.70. The first-order valence-electron chi connectivity index (χ1n) is 7.27. The molecular formula is C13H8F13NO. The molecule has 0 N–H and O–H groups in total. The third-order valence-corrected chi connectivity index (χ3v) is 4.18. The number of aryl methyl sites for hydroxylation is 1. The summed E-state index contributed by atoms with van der Waals surface area (Å²) in [5.41, 5.74) is -1.19. The van der Waals surface area contributed by atoms with Gasteiger partial charge in [-0.25, -0.2) is 0 Å². The average Bonchev–Trinajstić information content (AvgIpc) is 2.97. The smallest absolute Gasteiger partial charge is 0.354 e. The Labute approximate surface area is 146 Å². The van der Waals surface area contributed by atoms with E-state index in [2.05, 4.69) is 9.68 Å². The van der Waals surface area contributed by atoms with Gasteiger partial charge in [-0.05, 0) is 25.7 Å². The molecule has 15 heteroatoms. The number of hydrogen-bond acceptors (Lipinski definition) is 2. The summed E-state index contributed by atoms with van der Waals surface area (Å²) in [5.74, 6) is -39.6. The largest absolute Gasteiger partial charge is 0.460 e. The molecule has 0 fully saturated rings. The summed E-state index contributed by atoms with van der Waals surface area (Å²) >= 11 is 0. The summed E-state index contributed by atoms with van der Waals surface area (Å²) in [6.45, 7) is 0. The zero-order valence-corrected chi connectivity index (χ0v) is 13.1. The lowest BCUT2D eigenvalue weighted by Crippen LogP contribution is -2.69. The molecule has 0 saturated carbocycles. The second-order valence-corrected chi connectivity index (χ2v) is 6.01.